The number of nitrogens with zero attached hydrogens (tertiary/aromatic N) is 2. The van der Waals surface area contributed by atoms with Crippen LogP contribution in [-0.4, -0.2) is 64.5 Å². The molecule has 0 amide bonds. The van der Waals surface area contributed by atoms with Crippen LogP contribution in [0.5, 0.6) is 5.75 Å². The highest BCUT2D eigenvalue weighted by Crippen LogP contribution is 2.28. The average molecular weight is 279 g/mol. The lowest BCUT2D eigenvalue weighted by molar-refractivity contribution is 0.107. The maximum Gasteiger partial charge on any atom is 0.142 e. The number of hydrogen-bond donors (Lipinski definition) is 1. The van der Waals surface area contributed by atoms with Crippen molar-refractivity contribution in [1.29, 1.82) is 0 Å². The number of piperazine rings is 1. The summed E-state index contributed by atoms with van der Waals surface area (Å²) in [5.41, 5.74) is 6.59. The molecule has 0 saturated carbocycles. The molecule has 1 aromatic carbocycles. The van der Waals surface area contributed by atoms with Crippen LogP contribution in [-0.2, 0) is 4.74 Å². The second-order valence-electron chi connectivity index (χ2n) is 4.90. The van der Waals surface area contributed by atoms with Crippen molar-refractivity contribution in [1.82, 2.24) is 4.90 Å². The third-order valence-corrected chi connectivity index (χ3v) is 3.61. The first kappa shape index (κ1) is 15.1. The van der Waals surface area contributed by atoms with Gasteiger partial charge in [0.2, 0.25) is 0 Å². The maximum absolute atomic E-state index is 5.43. The van der Waals surface area contributed by atoms with Gasteiger partial charge >= 0.3 is 0 Å². The molecular formula is C15H25N3O2. The molecule has 5 heteroatoms. The van der Waals surface area contributed by atoms with Crippen molar-refractivity contribution in [3.05, 3.63) is 24.3 Å². The molecule has 1 saturated heterocycles. The van der Waals surface area contributed by atoms with Crippen molar-refractivity contribution < 1.29 is 9.47 Å². The van der Waals surface area contributed by atoms with Crippen LogP contribution in [0.3, 0.4) is 0 Å². The number of rotatable bonds is 7. The van der Waals surface area contributed by atoms with Crippen molar-refractivity contribution in [2.24, 2.45) is 5.73 Å². The second-order valence-corrected chi connectivity index (χ2v) is 4.90. The van der Waals surface area contributed by atoms with E-state index in [4.69, 9.17) is 15.2 Å². The average Bonchev–Trinajstić information content (AvgIpc) is 2.52. The van der Waals surface area contributed by atoms with Crippen LogP contribution >= 0.6 is 0 Å². The highest BCUT2D eigenvalue weighted by Gasteiger charge is 2.18. The van der Waals surface area contributed by atoms with Crippen LogP contribution in [0, 0.1) is 0 Å². The minimum absolute atomic E-state index is 0.599. The lowest BCUT2D eigenvalue weighted by atomic mass is 10.2. The molecule has 1 fully saturated rings. The van der Waals surface area contributed by atoms with Gasteiger partial charge in [0.25, 0.3) is 0 Å². The number of hydrogen-bond acceptors (Lipinski definition) is 5. The van der Waals surface area contributed by atoms with E-state index in [-0.39, 0.29) is 0 Å². The van der Waals surface area contributed by atoms with Gasteiger partial charge in [-0.25, -0.2) is 0 Å². The minimum Gasteiger partial charge on any atom is -0.495 e. The Kier molecular flexibility index (Phi) is 6.11. The summed E-state index contributed by atoms with van der Waals surface area (Å²) in [6.45, 7) is 7.18. The summed E-state index contributed by atoms with van der Waals surface area (Å²) in [6, 6.07) is 8.21. The molecule has 0 atom stereocenters. The summed E-state index contributed by atoms with van der Waals surface area (Å²) >= 11 is 0. The number of benzene rings is 1. The third kappa shape index (κ3) is 4.10. The summed E-state index contributed by atoms with van der Waals surface area (Å²) in [4.78, 5) is 4.82. The van der Waals surface area contributed by atoms with E-state index < -0.39 is 0 Å². The van der Waals surface area contributed by atoms with Gasteiger partial charge in [-0.15, -0.1) is 0 Å². The van der Waals surface area contributed by atoms with Gasteiger partial charge in [0.15, 0.2) is 0 Å². The van der Waals surface area contributed by atoms with Gasteiger partial charge in [0.05, 0.1) is 26.0 Å². The van der Waals surface area contributed by atoms with E-state index in [1.165, 1.54) is 5.69 Å². The molecule has 0 spiro atoms. The minimum atomic E-state index is 0.599. The molecule has 2 rings (SSSR count). The second kappa shape index (κ2) is 8.09. The Balaban J connectivity index is 1.79. The van der Waals surface area contributed by atoms with Crippen molar-refractivity contribution in [3.8, 4) is 5.75 Å². The summed E-state index contributed by atoms with van der Waals surface area (Å²) in [5.74, 6) is 0.951. The van der Waals surface area contributed by atoms with Crippen LogP contribution in [0.4, 0.5) is 5.69 Å². The highest BCUT2D eigenvalue weighted by atomic mass is 16.5. The molecule has 112 valence electrons. The number of anilines is 1. The molecule has 0 radical (unpaired) electrons. The zero-order chi connectivity index (χ0) is 14.2. The number of nitrogens with two attached hydrogens (primary N) is 1. The van der Waals surface area contributed by atoms with E-state index in [0.29, 0.717) is 13.2 Å². The van der Waals surface area contributed by atoms with Crippen LogP contribution in [0.15, 0.2) is 24.3 Å². The molecule has 2 N–H and O–H groups in total. The molecule has 0 bridgehead atoms. The Bertz CT molecular complexity index is 392. The maximum atomic E-state index is 5.43. The molecule has 1 aliphatic heterocycles. The van der Waals surface area contributed by atoms with E-state index >= 15 is 0 Å². The normalized spacial score (nSPS) is 16.4. The zero-order valence-electron chi connectivity index (χ0n) is 12.3. The molecule has 0 aromatic heterocycles. The topological polar surface area (TPSA) is 51.0 Å². The first-order valence-electron chi connectivity index (χ1n) is 7.23. The Morgan fingerprint density at radius 1 is 1.10 bits per heavy atom. The van der Waals surface area contributed by atoms with Gasteiger partial charge in [-0.2, -0.15) is 0 Å². The van der Waals surface area contributed by atoms with Gasteiger partial charge in [-0.1, -0.05) is 12.1 Å². The highest BCUT2D eigenvalue weighted by molar-refractivity contribution is 5.58. The summed E-state index contributed by atoms with van der Waals surface area (Å²) in [6.07, 6.45) is 0. The van der Waals surface area contributed by atoms with Crippen molar-refractivity contribution >= 4 is 5.69 Å². The van der Waals surface area contributed by atoms with Gasteiger partial charge in [0, 0.05) is 39.3 Å². The standard InChI is InChI=1S/C15H25N3O2/c1-19-15-5-3-2-4-14(15)18-9-7-17(8-10-18)11-13-20-12-6-16/h2-5H,6-13,16H2,1H3. The van der Waals surface area contributed by atoms with E-state index in [0.717, 1.165) is 45.1 Å². The van der Waals surface area contributed by atoms with E-state index in [1.54, 1.807) is 7.11 Å². The molecule has 1 heterocycles. The Morgan fingerprint density at radius 3 is 2.55 bits per heavy atom. The van der Waals surface area contributed by atoms with Crippen molar-refractivity contribution in [3.63, 3.8) is 0 Å². The summed E-state index contributed by atoms with van der Waals surface area (Å²) in [5, 5.41) is 0. The van der Waals surface area contributed by atoms with Crippen LogP contribution in [0.2, 0.25) is 0 Å². The fourth-order valence-electron chi connectivity index (χ4n) is 2.48. The monoisotopic (exact) mass is 279 g/mol. The van der Waals surface area contributed by atoms with Gasteiger partial charge in [-0.05, 0) is 12.1 Å². The lowest BCUT2D eigenvalue weighted by Gasteiger charge is -2.36. The first-order valence-corrected chi connectivity index (χ1v) is 7.23. The number of methoxy groups -OCH3 is 1. The largest absolute Gasteiger partial charge is 0.495 e. The molecule has 0 aliphatic carbocycles. The molecule has 5 nitrogen and oxygen atoms in total. The summed E-state index contributed by atoms with van der Waals surface area (Å²) in [7, 11) is 1.73. The van der Waals surface area contributed by atoms with Crippen molar-refractivity contribution in [2.75, 3.05) is 64.5 Å². The van der Waals surface area contributed by atoms with E-state index in [2.05, 4.69) is 21.9 Å². The van der Waals surface area contributed by atoms with Crippen molar-refractivity contribution in [2.45, 2.75) is 0 Å². The molecule has 1 aliphatic rings. The predicted molar refractivity (Wildman–Crippen MR) is 81.5 cm³/mol. The predicted octanol–water partition coefficient (Wildman–Crippen LogP) is 0.793. The number of ether oxygens (including phenoxy) is 2. The third-order valence-electron chi connectivity index (χ3n) is 3.61. The van der Waals surface area contributed by atoms with Crippen LogP contribution < -0.4 is 15.4 Å². The fraction of sp³-hybridized carbons (Fsp3) is 0.600. The summed E-state index contributed by atoms with van der Waals surface area (Å²) < 4.78 is 10.9. The zero-order valence-corrected chi connectivity index (χ0v) is 12.3. The molecular weight excluding hydrogens is 254 g/mol. The SMILES string of the molecule is COc1ccccc1N1CCN(CCOCCN)CC1. The van der Waals surface area contributed by atoms with Crippen LogP contribution in [0.25, 0.3) is 0 Å². The quantitative estimate of drug-likeness (QED) is 0.748. The Labute approximate surface area is 121 Å². The van der Waals surface area contributed by atoms with Gasteiger partial charge < -0.3 is 20.1 Å². The molecule has 20 heavy (non-hydrogen) atoms. The van der Waals surface area contributed by atoms with Gasteiger partial charge in [0.1, 0.15) is 5.75 Å². The molecule has 1 aromatic rings. The van der Waals surface area contributed by atoms with Crippen LogP contribution in [0.1, 0.15) is 0 Å². The smallest absolute Gasteiger partial charge is 0.142 e. The Hall–Kier alpha value is -1.30. The lowest BCUT2D eigenvalue weighted by Crippen LogP contribution is -2.47. The van der Waals surface area contributed by atoms with Gasteiger partial charge in [-0.3, -0.25) is 4.90 Å². The molecule has 0 unspecified atom stereocenters. The first-order chi connectivity index (χ1) is 9.85. The van der Waals surface area contributed by atoms with E-state index in [9.17, 15) is 0 Å². The Morgan fingerprint density at radius 2 is 1.85 bits per heavy atom. The number of para-hydroxylation sites is 2. The fourth-order valence-corrected chi connectivity index (χ4v) is 2.48. The van der Waals surface area contributed by atoms with E-state index in [1.807, 2.05) is 12.1 Å².